The number of amides is 4. The van der Waals surface area contributed by atoms with Crippen molar-refractivity contribution in [2.75, 3.05) is 26.2 Å². The summed E-state index contributed by atoms with van der Waals surface area (Å²) in [5.41, 5.74) is 4.63. The van der Waals surface area contributed by atoms with Gasteiger partial charge in [0.15, 0.2) is 0 Å². The summed E-state index contributed by atoms with van der Waals surface area (Å²) in [5.74, 6) is -1.87. The molecule has 1 N–H and O–H groups in total. The lowest BCUT2D eigenvalue weighted by Crippen LogP contribution is -2.54. The molecule has 8 heteroatoms. The number of rotatable bonds is 6. The van der Waals surface area contributed by atoms with Crippen molar-refractivity contribution < 1.29 is 19.2 Å². The van der Waals surface area contributed by atoms with Crippen LogP contribution < -0.4 is 5.32 Å². The van der Waals surface area contributed by atoms with Crippen molar-refractivity contribution in [3.8, 4) is 0 Å². The lowest BCUT2D eigenvalue weighted by molar-refractivity contribution is -0.136. The molecule has 0 aromatic heterocycles. The Balaban J connectivity index is 1.01. The fourth-order valence-corrected chi connectivity index (χ4v) is 7.59. The van der Waals surface area contributed by atoms with Crippen molar-refractivity contribution in [3.63, 3.8) is 0 Å². The van der Waals surface area contributed by atoms with E-state index in [4.69, 9.17) is 0 Å². The highest BCUT2D eigenvalue weighted by Crippen LogP contribution is 2.43. The molecule has 0 saturated carbocycles. The van der Waals surface area contributed by atoms with Gasteiger partial charge in [0.2, 0.25) is 11.8 Å². The number of nitrogens with one attached hydrogen (secondary N) is 1. The van der Waals surface area contributed by atoms with Crippen molar-refractivity contribution in [3.05, 3.63) is 107 Å². The van der Waals surface area contributed by atoms with Gasteiger partial charge >= 0.3 is 0 Å². The molecule has 1 spiro atoms. The molecule has 4 aliphatic rings. The SMILES string of the molecule is O=C1CCC(N2C(=O)c3ccc(CN4CCC5(CCN(C(c6ccccc6)c6ccccc6)CC5)C4)cc3C2=O)C(=O)N1. The summed E-state index contributed by atoms with van der Waals surface area (Å²) >= 11 is 0. The zero-order valence-corrected chi connectivity index (χ0v) is 24.2. The second-order valence-electron chi connectivity index (χ2n) is 12.5. The maximum absolute atomic E-state index is 13.3. The lowest BCUT2D eigenvalue weighted by Gasteiger charge is -2.43. The number of benzene rings is 3. The molecule has 0 aliphatic carbocycles. The number of nitrogens with zero attached hydrogens (tertiary/aromatic N) is 3. The molecular weight excluding hydrogens is 540 g/mol. The van der Waals surface area contributed by atoms with Crippen LogP contribution in [0, 0.1) is 5.41 Å². The van der Waals surface area contributed by atoms with Gasteiger partial charge in [0.1, 0.15) is 6.04 Å². The van der Waals surface area contributed by atoms with E-state index in [0.29, 0.717) is 16.5 Å². The minimum atomic E-state index is -0.943. The fourth-order valence-electron chi connectivity index (χ4n) is 7.59. The molecule has 220 valence electrons. The van der Waals surface area contributed by atoms with Crippen molar-refractivity contribution in [2.45, 2.75) is 50.7 Å². The highest BCUT2D eigenvalue weighted by atomic mass is 16.2. The van der Waals surface area contributed by atoms with E-state index in [-0.39, 0.29) is 24.8 Å². The number of carbonyl (C=O) groups excluding carboxylic acids is 4. The summed E-state index contributed by atoms with van der Waals surface area (Å²) in [6.07, 6.45) is 3.74. The Morgan fingerprint density at radius 3 is 2.05 bits per heavy atom. The first-order valence-corrected chi connectivity index (χ1v) is 15.3. The highest BCUT2D eigenvalue weighted by Gasteiger charge is 2.45. The summed E-state index contributed by atoms with van der Waals surface area (Å²) in [6.45, 7) is 4.85. The minimum absolute atomic E-state index is 0.114. The van der Waals surface area contributed by atoms with E-state index < -0.39 is 23.8 Å². The van der Waals surface area contributed by atoms with Crippen molar-refractivity contribution in [1.82, 2.24) is 20.0 Å². The summed E-state index contributed by atoms with van der Waals surface area (Å²) in [6, 6.07) is 26.4. The predicted molar refractivity (Wildman–Crippen MR) is 161 cm³/mol. The van der Waals surface area contributed by atoms with Crippen molar-refractivity contribution in [2.24, 2.45) is 5.41 Å². The van der Waals surface area contributed by atoms with Crippen molar-refractivity contribution in [1.29, 1.82) is 0 Å². The van der Waals surface area contributed by atoms with E-state index in [1.807, 2.05) is 12.1 Å². The zero-order chi connectivity index (χ0) is 29.6. The molecule has 4 amide bonds. The molecule has 3 fully saturated rings. The first-order chi connectivity index (χ1) is 20.9. The number of carbonyl (C=O) groups is 4. The van der Waals surface area contributed by atoms with E-state index >= 15 is 0 Å². The maximum atomic E-state index is 13.3. The van der Waals surface area contributed by atoms with Crippen molar-refractivity contribution >= 4 is 23.6 Å². The van der Waals surface area contributed by atoms with Gasteiger partial charge in [0.05, 0.1) is 17.2 Å². The Morgan fingerprint density at radius 1 is 0.767 bits per heavy atom. The zero-order valence-electron chi connectivity index (χ0n) is 24.2. The first-order valence-electron chi connectivity index (χ1n) is 15.3. The Bertz CT molecular complexity index is 1530. The third-order valence-electron chi connectivity index (χ3n) is 9.88. The monoisotopic (exact) mass is 576 g/mol. The average molecular weight is 577 g/mol. The van der Waals surface area contributed by atoms with Gasteiger partial charge in [-0.05, 0) is 79.6 Å². The van der Waals surface area contributed by atoms with Crippen LogP contribution in [0.3, 0.4) is 0 Å². The van der Waals surface area contributed by atoms with Crippen LogP contribution in [0.2, 0.25) is 0 Å². The van der Waals surface area contributed by atoms with Gasteiger partial charge in [-0.1, -0.05) is 66.7 Å². The molecule has 8 nitrogen and oxygen atoms in total. The first kappa shape index (κ1) is 27.7. The molecule has 3 aromatic carbocycles. The highest BCUT2D eigenvalue weighted by molar-refractivity contribution is 6.23. The molecule has 1 atom stereocenters. The Hall–Kier alpha value is -4.14. The van der Waals surface area contributed by atoms with Crippen LogP contribution in [-0.4, -0.2) is 70.5 Å². The molecule has 1 unspecified atom stereocenters. The van der Waals surface area contributed by atoms with Crippen LogP contribution in [0.15, 0.2) is 78.9 Å². The van der Waals surface area contributed by atoms with Crippen LogP contribution >= 0.6 is 0 Å². The summed E-state index contributed by atoms with van der Waals surface area (Å²) in [5, 5.41) is 2.25. The molecule has 4 heterocycles. The Morgan fingerprint density at radius 2 is 1.40 bits per heavy atom. The van der Waals surface area contributed by atoms with Crippen LogP contribution in [0.4, 0.5) is 0 Å². The van der Waals surface area contributed by atoms with Gasteiger partial charge in [-0.2, -0.15) is 0 Å². The van der Waals surface area contributed by atoms with Gasteiger partial charge in [-0.15, -0.1) is 0 Å². The smallest absolute Gasteiger partial charge is 0.262 e. The number of hydrogen-bond donors (Lipinski definition) is 1. The normalized spacial score (nSPS) is 22.4. The van der Waals surface area contributed by atoms with E-state index in [1.165, 1.54) is 11.1 Å². The quantitative estimate of drug-likeness (QED) is 0.444. The summed E-state index contributed by atoms with van der Waals surface area (Å²) < 4.78 is 0. The van der Waals surface area contributed by atoms with Gasteiger partial charge in [-0.25, -0.2) is 0 Å². The average Bonchev–Trinajstić information content (AvgIpc) is 3.52. The Labute approximate surface area is 251 Å². The summed E-state index contributed by atoms with van der Waals surface area (Å²) in [7, 11) is 0. The topological polar surface area (TPSA) is 90.0 Å². The lowest BCUT2D eigenvalue weighted by atomic mass is 9.77. The predicted octanol–water partition coefficient (Wildman–Crippen LogP) is 4.17. The van der Waals surface area contributed by atoms with Gasteiger partial charge in [-0.3, -0.25) is 39.2 Å². The molecule has 4 aliphatic heterocycles. The van der Waals surface area contributed by atoms with Crippen LogP contribution in [0.1, 0.15) is 75.6 Å². The molecule has 3 aromatic rings. The minimum Gasteiger partial charge on any atom is -0.299 e. The molecule has 7 rings (SSSR count). The van der Waals surface area contributed by atoms with Crippen LogP contribution in [0.5, 0.6) is 0 Å². The standard InChI is InChI=1S/C35H36N4O4/c40-30-14-13-29(32(41)36-30)39-33(42)27-12-11-24(21-28(27)34(39)43)22-37-18-15-35(23-37)16-19-38(20-17-35)31(25-7-3-1-4-8-25)26-9-5-2-6-10-26/h1-12,21,29,31H,13-20,22-23H2,(H,36,40,41). The number of fused-ring (bicyclic) bond motifs is 1. The third-order valence-corrected chi connectivity index (χ3v) is 9.88. The fraction of sp³-hybridized carbons (Fsp3) is 0.371. The van der Waals surface area contributed by atoms with Gasteiger partial charge in [0, 0.05) is 19.5 Å². The maximum Gasteiger partial charge on any atom is 0.262 e. The molecular formula is C35H36N4O4. The second-order valence-corrected chi connectivity index (χ2v) is 12.5. The molecule has 3 saturated heterocycles. The van der Waals surface area contributed by atoms with Gasteiger partial charge < -0.3 is 0 Å². The van der Waals surface area contributed by atoms with Gasteiger partial charge in [0.25, 0.3) is 11.8 Å². The number of piperidine rings is 2. The number of likely N-dealkylation sites (tertiary alicyclic amines) is 2. The largest absolute Gasteiger partial charge is 0.299 e. The van der Waals surface area contributed by atoms with E-state index in [2.05, 4.69) is 75.8 Å². The molecule has 0 radical (unpaired) electrons. The van der Waals surface area contributed by atoms with E-state index in [9.17, 15) is 19.2 Å². The molecule has 43 heavy (non-hydrogen) atoms. The summed E-state index contributed by atoms with van der Waals surface area (Å²) in [4.78, 5) is 56.5. The second kappa shape index (κ2) is 11.2. The van der Waals surface area contributed by atoms with E-state index in [1.54, 1.807) is 6.07 Å². The van der Waals surface area contributed by atoms with E-state index in [0.717, 1.165) is 62.4 Å². The molecule has 0 bridgehead atoms. The van der Waals surface area contributed by atoms with Crippen LogP contribution in [-0.2, 0) is 16.1 Å². The Kier molecular flexibility index (Phi) is 7.19. The number of imide groups is 2. The number of hydrogen-bond acceptors (Lipinski definition) is 6. The third kappa shape index (κ3) is 5.19. The van der Waals surface area contributed by atoms with Crippen LogP contribution in [0.25, 0.3) is 0 Å².